The van der Waals surface area contributed by atoms with Gasteiger partial charge in [-0.05, 0) is 19.1 Å². The van der Waals surface area contributed by atoms with Crippen molar-refractivity contribution < 1.29 is 0 Å². The first kappa shape index (κ1) is 9.75. The summed E-state index contributed by atoms with van der Waals surface area (Å²) in [4.78, 5) is 7.19. The minimum atomic E-state index is 0.407. The van der Waals surface area contributed by atoms with Crippen molar-refractivity contribution >= 4 is 11.6 Å². The summed E-state index contributed by atoms with van der Waals surface area (Å²) in [5.41, 5.74) is 1.97. The summed E-state index contributed by atoms with van der Waals surface area (Å²) < 4.78 is 0. The molecule has 74 valence electrons. The molecule has 0 fully saturated rings. The Morgan fingerprint density at radius 3 is 2.73 bits per heavy atom. The van der Waals surface area contributed by atoms with E-state index in [1.165, 1.54) is 0 Å². The largest absolute Gasteiger partial charge is 0.341 e. The molecule has 1 aromatic heterocycles. The second-order valence-corrected chi connectivity index (χ2v) is 3.56. The molecule has 1 heterocycles. The Kier molecular flexibility index (Phi) is 2.44. The summed E-state index contributed by atoms with van der Waals surface area (Å²) in [5, 5.41) is 9.40. The normalized spacial score (nSPS) is 9.93. The van der Waals surface area contributed by atoms with Crippen LogP contribution in [0.15, 0.2) is 24.3 Å². The highest BCUT2D eigenvalue weighted by Gasteiger charge is 2.09. The molecule has 2 rings (SSSR count). The molecule has 0 unspecified atom stereocenters. The van der Waals surface area contributed by atoms with Crippen molar-refractivity contribution in [2.45, 2.75) is 6.92 Å². The predicted molar refractivity (Wildman–Crippen MR) is 58.5 cm³/mol. The van der Waals surface area contributed by atoms with Crippen LogP contribution in [0.25, 0.3) is 11.4 Å². The van der Waals surface area contributed by atoms with Crippen LogP contribution in [-0.2, 0) is 0 Å². The van der Waals surface area contributed by atoms with E-state index >= 15 is 0 Å². The third kappa shape index (κ3) is 1.72. The van der Waals surface area contributed by atoms with Crippen LogP contribution in [0.1, 0.15) is 11.4 Å². The SMILES string of the molecule is Cc1[nH]c(-c2ccccc2Cl)nc1C#N. The van der Waals surface area contributed by atoms with Gasteiger partial charge >= 0.3 is 0 Å². The van der Waals surface area contributed by atoms with Gasteiger partial charge in [0.2, 0.25) is 0 Å². The first-order chi connectivity index (χ1) is 7.22. The average Bonchev–Trinajstić information content (AvgIpc) is 2.60. The Morgan fingerprint density at radius 1 is 1.40 bits per heavy atom. The number of imidazole rings is 1. The number of nitrogens with zero attached hydrogens (tertiary/aromatic N) is 2. The highest BCUT2D eigenvalue weighted by atomic mass is 35.5. The fourth-order valence-corrected chi connectivity index (χ4v) is 1.58. The molecule has 0 aliphatic heterocycles. The smallest absolute Gasteiger partial charge is 0.161 e. The van der Waals surface area contributed by atoms with E-state index in [1.807, 2.05) is 31.2 Å². The van der Waals surface area contributed by atoms with E-state index in [1.54, 1.807) is 6.07 Å². The molecule has 4 heteroatoms. The topological polar surface area (TPSA) is 52.5 Å². The molecule has 0 aliphatic rings. The highest BCUT2D eigenvalue weighted by molar-refractivity contribution is 6.33. The minimum Gasteiger partial charge on any atom is -0.341 e. The van der Waals surface area contributed by atoms with Gasteiger partial charge in [0.1, 0.15) is 11.9 Å². The summed E-state index contributed by atoms with van der Waals surface area (Å²) in [7, 11) is 0. The van der Waals surface area contributed by atoms with Crippen LogP contribution in [0, 0.1) is 18.3 Å². The molecular weight excluding hydrogens is 210 g/mol. The van der Waals surface area contributed by atoms with Gasteiger partial charge in [0.15, 0.2) is 5.69 Å². The van der Waals surface area contributed by atoms with Crippen molar-refractivity contribution in [2.24, 2.45) is 0 Å². The minimum absolute atomic E-state index is 0.407. The van der Waals surface area contributed by atoms with E-state index in [0.29, 0.717) is 16.5 Å². The summed E-state index contributed by atoms with van der Waals surface area (Å²) in [6.45, 7) is 1.81. The van der Waals surface area contributed by atoms with Gasteiger partial charge in [-0.15, -0.1) is 0 Å². The van der Waals surface area contributed by atoms with Crippen LogP contribution in [0.3, 0.4) is 0 Å². The molecule has 0 aliphatic carbocycles. The number of hydrogen-bond donors (Lipinski definition) is 1. The van der Waals surface area contributed by atoms with E-state index in [9.17, 15) is 0 Å². The lowest BCUT2D eigenvalue weighted by Crippen LogP contribution is -1.81. The van der Waals surface area contributed by atoms with Crippen molar-refractivity contribution in [1.29, 1.82) is 5.26 Å². The zero-order valence-electron chi connectivity index (χ0n) is 8.08. The first-order valence-corrected chi connectivity index (χ1v) is 4.82. The average molecular weight is 218 g/mol. The molecule has 0 saturated carbocycles. The number of nitriles is 1. The van der Waals surface area contributed by atoms with E-state index < -0.39 is 0 Å². The van der Waals surface area contributed by atoms with Crippen LogP contribution < -0.4 is 0 Å². The Bertz CT molecular complexity index is 537. The van der Waals surface area contributed by atoms with Gasteiger partial charge in [-0.2, -0.15) is 5.26 Å². The molecule has 0 atom stereocenters. The van der Waals surface area contributed by atoms with Crippen molar-refractivity contribution in [2.75, 3.05) is 0 Å². The standard InChI is InChI=1S/C11H8ClN3/c1-7-10(6-13)15-11(14-7)8-4-2-3-5-9(8)12/h2-5H,1H3,(H,14,15). The fraction of sp³-hybridized carbons (Fsp3) is 0.0909. The van der Waals surface area contributed by atoms with Gasteiger partial charge in [-0.25, -0.2) is 4.98 Å². The van der Waals surface area contributed by atoms with E-state index in [2.05, 4.69) is 9.97 Å². The third-order valence-electron chi connectivity index (χ3n) is 2.12. The molecule has 3 nitrogen and oxygen atoms in total. The van der Waals surface area contributed by atoms with Gasteiger partial charge in [0, 0.05) is 5.56 Å². The number of nitrogens with one attached hydrogen (secondary N) is 1. The number of benzene rings is 1. The summed E-state index contributed by atoms with van der Waals surface area (Å²) >= 11 is 6.02. The monoisotopic (exact) mass is 217 g/mol. The number of H-pyrrole nitrogens is 1. The van der Waals surface area contributed by atoms with E-state index in [0.717, 1.165) is 11.3 Å². The van der Waals surface area contributed by atoms with E-state index in [4.69, 9.17) is 16.9 Å². The van der Waals surface area contributed by atoms with E-state index in [-0.39, 0.29) is 0 Å². The Balaban J connectivity index is 2.56. The number of aryl methyl sites for hydroxylation is 1. The van der Waals surface area contributed by atoms with Gasteiger partial charge in [0.05, 0.1) is 10.7 Å². The lowest BCUT2D eigenvalue weighted by molar-refractivity contribution is 1.25. The van der Waals surface area contributed by atoms with Crippen molar-refractivity contribution in [3.05, 3.63) is 40.7 Å². The number of aromatic nitrogens is 2. The second kappa shape index (κ2) is 3.76. The van der Waals surface area contributed by atoms with Crippen molar-refractivity contribution in [3.63, 3.8) is 0 Å². The summed E-state index contributed by atoms with van der Waals surface area (Å²) in [6.07, 6.45) is 0. The maximum absolute atomic E-state index is 8.78. The molecule has 1 N–H and O–H groups in total. The predicted octanol–water partition coefficient (Wildman–Crippen LogP) is 2.91. The number of halogens is 1. The van der Waals surface area contributed by atoms with Crippen molar-refractivity contribution in [1.82, 2.24) is 9.97 Å². The lowest BCUT2D eigenvalue weighted by atomic mass is 10.2. The number of aromatic amines is 1. The maximum atomic E-state index is 8.78. The Morgan fingerprint density at radius 2 is 2.13 bits per heavy atom. The molecule has 0 spiro atoms. The lowest BCUT2D eigenvalue weighted by Gasteiger charge is -1.98. The van der Waals surface area contributed by atoms with Gasteiger partial charge in [-0.3, -0.25) is 0 Å². The van der Waals surface area contributed by atoms with Crippen molar-refractivity contribution in [3.8, 4) is 17.5 Å². The number of hydrogen-bond acceptors (Lipinski definition) is 2. The fourth-order valence-electron chi connectivity index (χ4n) is 1.35. The molecular formula is C11H8ClN3. The summed E-state index contributed by atoms with van der Waals surface area (Å²) in [5.74, 6) is 0.634. The summed E-state index contributed by atoms with van der Waals surface area (Å²) in [6, 6.07) is 9.41. The van der Waals surface area contributed by atoms with Crippen LogP contribution >= 0.6 is 11.6 Å². The zero-order valence-corrected chi connectivity index (χ0v) is 8.84. The van der Waals surface area contributed by atoms with Crippen LogP contribution in [-0.4, -0.2) is 9.97 Å². The van der Waals surface area contributed by atoms with Crippen LogP contribution in [0.2, 0.25) is 5.02 Å². The van der Waals surface area contributed by atoms with Gasteiger partial charge < -0.3 is 4.98 Å². The molecule has 0 bridgehead atoms. The molecule has 0 amide bonds. The molecule has 2 aromatic rings. The van der Waals surface area contributed by atoms with Crippen LogP contribution in [0.5, 0.6) is 0 Å². The quantitative estimate of drug-likeness (QED) is 0.799. The van der Waals surface area contributed by atoms with Gasteiger partial charge in [0.25, 0.3) is 0 Å². The number of rotatable bonds is 1. The molecule has 15 heavy (non-hydrogen) atoms. The first-order valence-electron chi connectivity index (χ1n) is 4.44. The second-order valence-electron chi connectivity index (χ2n) is 3.15. The maximum Gasteiger partial charge on any atom is 0.161 e. The Hall–Kier alpha value is -1.79. The van der Waals surface area contributed by atoms with Crippen LogP contribution in [0.4, 0.5) is 0 Å². The zero-order chi connectivity index (χ0) is 10.8. The Labute approximate surface area is 92.3 Å². The molecule has 1 aromatic carbocycles. The highest BCUT2D eigenvalue weighted by Crippen LogP contribution is 2.25. The van der Waals surface area contributed by atoms with Gasteiger partial charge in [-0.1, -0.05) is 23.7 Å². The molecule has 0 radical (unpaired) electrons. The third-order valence-corrected chi connectivity index (χ3v) is 2.45. The molecule has 0 saturated heterocycles.